The lowest BCUT2D eigenvalue weighted by molar-refractivity contribution is 0.279. The lowest BCUT2D eigenvalue weighted by Gasteiger charge is -2.11. The van der Waals surface area contributed by atoms with Crippen LogP contribution in [0.3, 0.4) is 0 Å². The zero-order valence-electron chi connectivity index (χ0n) is 10.7. The van der Waals surface area contributed by atoms with Crippen LogP contribution in [0.1, 0.15) is 11.1 Å². The van der Waals surface area contributed by atoms with E-state index in [1.165, 1.54) is 13.2 Å². The molecule has 2 aromatic carbocycles. The monoisotopic (exact) mass is 275 g/mol. The number of hydrogen-bond acceptors (Lipinski definition) is 3. The van der Waals surface area contributed by atoms with Crippen molar-refractivity contribution in [2.45, 2.75) is 6.61 Å². The number of hydrogen-bond donors (Lipinski definition) is 0. The highest BCUT2D eigenvalue weighted by molar-refractivity contribution is 5.46. The molecule has 0 fully saturated rings. The Kier molecular flexibility index (Phi) is 4.16. The first-order chi connectivity index (χ1) is 9.63. The summed E-state index contributed by atoms with van der Waals surface area (Å²) in [6.45, 7) is -0.133. The second-order valence-corrected chi connectivity index (χ2v) is 4.00. The summed E-state index contributed by atoms with van der Waals surface area (Å²) in [5.41, 5.74) is 0.530. The molecule has 2 rings (SSSR count). The van der Waals surface area contributed by atoms with E-state index in [1.807, 2.05) is 6.07 Å². The summed E-state index contributed by atoms with van der Waals surface area (Å²) >= 11 is 0. The third-order valence-electron chi connectivity index (χ3n) is 2.68. The lowest BCUT2D eigenvalue weighted by atomic mass is 10.2. The molecule has 5 heteroatoms. The van der Waals surface area contributed by atoms with Gasteiger partial charge in [0.2, 0.25) is 0 Å². The molecule has 0 heterocycles. The van der Waals surface area contributed by atoms with E-state index in [9.17, 15) is 8.78 Å². The highest BCUT2D eigenvalue weighted by Gasteiger charge is 2.09. The van der Waals surface area contributed by atoms with Gasteiger partial charge < -0.3 is 9.47 Å². The number of halogens is 2. The van der Waals surface area contributed by atoms with Crippen LogP contribution < -0.4 is 9.47 Å². The third-order valence-corrected chi connectivity index (χ3v) is 2.68. The minimum absolute atomic E-state index is 0.108. The predicted molar refractivity (Wildman–Crippen MR) is 68.4 cm³/mol. The number of benzene rings is 2. The van der Waals surface area contributed by atoms with Crippen LogP contribution in [0.4, 0.5) is 8.78 Å². The van der Waals surface area contributed by atoms with Gasteiger partial charge in [0.25, 0.3) is 0 Å². The molecule has 0 aliphatic heterocycles. The first-order valence-electron chi connectivity index (χ1n) is 5.79. The summed E-state index contributed by atoms with van der Waals surface area (Å²) in [5.74, 6) is -0.355. The molecule has 0 amide bonds. The number of methoxy groups -OCH3 is 1. The normalized spacial score (nSPS) is 9.90. The Morgan fingerprint density at radius 3 is 2.60 bits per heavy atom. The molecule has 0 aliphatic rings. The standard InChI is InChI=1S/C15H11F2NO2/c1-19-15-6-10(8-18)2-5-14(15)20-9-11-7-12(16)3-4-13(11)17/h2-7H,9H2,1H3. The second kappa shape index (κ2) is 6.02. The van der Waals surface area contributed by atoms with Gasteiger partial charge in [0.1, 0.15) is 18.2 Å². The summed E-state index contributed by atoms with van der Waals surface area (Å²) in [5, 5.41) is 8.79. The van der Waals surface area contributed by atoms with Crippen molar-refractivity contribution in [3.8, 4) is 17.6 Å². The van der Waals surface area contributed by atoms with E-state index in [4.69, 9.17) is 14.7 Å². The van der Waals surface area contributed by atoms with Gasteiger partial charge in [-0.15, -0.1) is 0 Å². The number of nitriles is 1. The average molecular weight is 275 g/mol. The number of ether oxygens (including phenoxy) is 2. The molecule has 0 atom stereocenters. The smallest absolute Gasteiger partial charge is 0.162 e. The molecule has 0 unspecified atom stereocenters. The number of rotatable bonds is 4. The van der Waals surface area contributed by atoms with E-state index >= 15 is 0 Å². The Balaban J connectivity index is 2.19. The largest absolute Gasteiger partial charge is 0.493 e. The molecule has 0 radical (unpaired) electrons. The Morgan fingerprint density at radius 2 is 1.90 bits per heavy atom. The first-order valence-corrected chi connectivity index (χ1v) is 5.79. The topological polar surface area (TPSA) is 42.2 Å². The highest BCUT2D eigenvalue weighted by Crippen LogP contribution is 2.28. The zero-order valence-corrected chi connectivity index (χ0v) is 10.7. The van der Waals surface area contributed by atoms with Crippen LogP contribution in [-0.2, 0) is 6.61 Å². The predicted octanol–water partition coefficient (Wildman–Crippen LogP) is 3.42. The molecule has 20 heavy (non-hydrogen) atoms. The molecule has 0 N–H and O–H groups in total. The fourth-order valence-electron chi connectivity index (χ4n) is 1.67. The summed E-state index contributed by atoms with van der Waals surface area (Å²) in [4.78, 5) is 0. The quantitative estimate of drug-likeness (QED) is 0.858. The average Bonchev–Trinajstić information content (AvgIpc) is 2.48. The summed E-state index contributed by atoms with van der Waals surface area (Å²) in [6, 6.07) is 9.75. The van der Waals surface area contributed by atoms with Gasteiger partial charge in [-0.1, -0.05) is 0 Å². The van der Waals surface area contributed by atoms with Crippen molar-refractivity contribution in [2.75, 3.05) is 7.11 Å². The van der Waals surface area contributed by atoms with Gasteiger partial charge >= 0.3 is 0 Å². The third kappa shape index (κ3) is 3.04. The molecular formula is C15H11F2NO2. The van der Waals surface area contributed by atoms with Gasteiger partial charge in [-0.05, 0) is 30.3 Å². The first kappa shape index (κ1) is 13.8. The lowest BCUT2D eigenvalue weighted by Crippen LogP contribution is -2.01. The van der Waals surface area contributed by atoms with E-state index in [2.05, 4.69) is 0 Å². The highest BCUT2D eigenvalue weighted by atomic mass is 19.1. The van der Waals surface area contributed by atoms with Crippen LogP contribution in [0, 0.1) is 23.0 Å². The van der Waals surface area contributed by atoms with Crippen molar-refractivity contribution >= 4 is 0 Å². The minimum atomic E-state index is -0.543. The van der Waals surface area contributed by atoms with Crippen molar-refractivity contribution < 1.29 is 18.3 Å². The molecule has 2 aromatic rings. The Hall–Kier alpha value is -2.61. The van der Waals surface area contributed by atoms with Crippen LogP contribution in [0.15, 0.2) is 36.4 Å². The van der Waals surface area contributed by atoms with Crippen molar-refractivity contribution in [1.29, 1.82) is 5.26 Å². The van der Waals surface area contributed by atoms with Crippen LogP contribution >= 0.6 is 0 Å². The van der Waals surface area contributed by atoms with Gasteiger partial charge in [0.05, 0.1) is 18.7 Å². The second-order valence-electron chi connectivity index (χ2n) is 4.00. The van der Waals surface area contributed by atoms with Crippen LogP contribution in [0.25, 0.3) is 0 Å². The molecule has 102 valence electrons. The van der Waals surface area contributed by atoms with E-state index in [-0.39, 0.29) is 12.2 Å². The maximum atomic E-state index is 13.5. The molecule has 0 bridgehead atoms. The fourth-order valence-corrected chi connectivity index (χ4v) is 1.67. The SMILES string of the molecule is COc1cc(C#N)ccc1OCc1cc(F)ccc1F. The summed E-state index contributed by atoms with van der Waals surface area (Å²) in [6.07, 6.45) is 0. The van der Waals surface area contributed by atoms with Gasteiger partial charge in [-0.2, -0.15) is 5.26 Å². The molecule has 0 aliphatic carbocycles. The fraction of sp³-hybridized carbons (Fsp3) is 0.133. The van der Waals surface area contributed by atoms with Crippen LogP contribution in [-0.4, -0.2) is 7.11 Å². The Bertz CT molecular complexity index is 665. The molecule has 0 aromatic heterocycles. The van der Waals surface area contributed by atoms with Crippen LogP contribution in [0.5, 0.6) is 11.5 Å². The molecule has 0 saturated heterocycles. The van der Waals surface area contributed by atoms with E-state index in [0.29, 0.717) is 17.1 Å². The van der Waals surface area contributed by atoms with Gasteiger partial charge in [0.15, 0.2) is 11.5 Å². The maximum Gasteiger partial charge on any atom is 0.162 e. The minimum Gasteiger partial charge on any atom is -0.493 e. The van der Waals surface area contributed by atoms with Gasteiger partial charge in [0, 0.05) is 11.6 Å². The molecular weight excluding hydrogens is 264 g/mol. The van der Waals surface area contributed by atoms with Crippen LogP contribution in [0.2, 0.25) is 0 Å². The van der Waals surface area contributed by atoms with E-state index in [0.717, 1.165) is 18.2 Å². The van der Waals surface area contributed by atoms with Crippen molar-refractivity contribution in [3.63, 3.8) is 0 Å². The van der Waals surface area contributed by atoms with Crippen molar-refractivity contribution in [3.05, 3.63) is 59.2 Å². The zero-order chi connectivity index (χ0) is 14.5. The summed E-state index contributed by atoms with van der Waals surface area (Å²) < 4.78 is 37.0. The molecule has 0 spiro atoms. The molecule has 0 saturated carbocycles. The Labute approximate surface area is 115 Å². The van der Waals surface area contributed by atoms with E-state index < -0.39 is 11.6 Å². The number of nitrogens with zero attached hydrogens (tertiary/aromatic N) is 1. The van der Waals surface area contributed by atoms with E-state index in [1.54, 1.807) is 12.1 Å². The van der Waals surface area contributed by atoms with Gasteiger partial charge in [-0.25, -0.2) is 8.78 Å². The van der Waals surface area contributed by atoms with Gasteiger partial charge in [-0.3, -0.25) is 0 Å². The summed E-state index contributed by atoms with van der Waals surface area (Å²) in [7, 11) is 1.44. The Morgan fingerprint density at radius 1 is 1.10 bits per heavy atom. The van der Waals surface area contributed by atoms with Crippen molar-refractivity contribution in [1.82, 2.24) is 0 Å². The van der Waals surface area contributed by atoms with Crippen molar-refractivity contribution in [2.24, 2.45) is 0 Å². The maximum absolute atomic E-state index is 13.5. The molecule has 3 nitrogen and oxygen atoms in total.